The van der Waals surface area contributed by atoms with Gasteiger partial charge in [0.15, 0.2) is 0 Å². The monoisotopic (exact) mass is 290 g/mol. The summed E-state index contributed by atoms with van der Waals surface area (Å²) in [4.78, 5) is 1.31. The maximum Gasteiger partial charge on any atom is 0.0593 e. The summed E-state index contributed by atoms with van der Waals surface area (Å²) in [5.41, 5.74) is 3.99. The summed E-state index contributed by atoms with van der Waals surface area (Å²) in [6, 6.07) is 30.1. The van der Waals surface area contributed by atoms with Gasteiger partial charge in [0.05, 0.1) is 5.25 Å². The molecule has 0 amide bonds. The Bertz CT molecular complexity index is 650. The number of hydrogen-bond donors (Lipinski definition) is 0. The average Bonchev–Trinajstić information content (AvgIpc) is 2.54. The van der Waals surface area contributed by atoms with Crippen LogP contribution in [0.3, 0.4) is 0 Å². The summed E-state index contributed by atoms with van der Waals surface area (Å²) >= 11 is 1.91. The van der Waals surface area contributed by atoms with Crippen molar-refractivity contribution in [3.05, 3.63) is 102 Å². The SMILES string of the molecule is Cc1cccc(SC(c2ccccc2)c2ccccc2)c1. The van der Waals surface area contributed by atoms with Crippen molar-refractivity contribution in [2.24, 2.45) is 0 Å². The first-order valence-corrected chi connectivity index (χ1v) is 8.04. The molecule has 0 fully saturated rings. The first-order chi connectivity index (χ1) is 10.3. The summed E-state index contributed by atoms with van der Waals surface area (Å²) in [7, 11) is 0. The molecule has 0 unspecified atom stereocenters. The van der Waals surface area contributed by atoms with Crippen molar-refractivity contribution >= 4 is 11.8 Å². The van der Waals surface area contributed by atoms with E-state index in [1.165, 1.54) is 21.6 Å². The lowest BCUT2D eigenvalue weighted by Gasteiger charge is -2.18. The Morgan fingerprint density at radius 2 is 1.24 bits per heavy atom. The van der Waals surface area contributed by atoms with Gasteiger partial charge in [-0.05, 0) is 30.2 Å². The molecule has 0 aliphatic rings. The van der Waals surface area contributed by atoms with E-state index >= 15 is 0 Å². The Hall–Kier alpha value is -1.99. The minimum Gasteiger partial charge on any atom is -0.113 e. The molecule has 0 aliphatic carbocycles. The molecule has 0 bridgehead atoms. The Morgan fingerprint density at radius 1 is 0.667 bits per heavy atom. The van der Waals surface area contributed by atoms with E-state index in [1.807, 2.05) is 11.8 Å². The molecule has 0 heterocycles. The van der Waals surface area contributed by atoms with Crippen LogP contribution in [0.15, 0.2) is 89.8 Å². The molecule has 0 radical (unpaired) electrons. The number of rotatable bonds is 4. The number of aryl methyl sites for hydroxylation is 1. The van der Waals surface area contributed by atoms with Crippen LogP contribution in [-0.2, 0) is 0 Å². The number of thioether (sulfide) groups is 1. The lowest BCUT2D eigenvalue weighted by molar-refractivity contribution is 1.15. The zero-order valence-electron chi connectivity index (χ0n) is 12.1. The fourth-order valence-electron chi connectivity index (χ4n) is 2.41. The minimum absolute atomic E-state index is 0.328. The van der Waals surface area contributed by atoms with E-state index in [9.17, 15) is 0 Å². The normalized spacial score (nSPS) is 10.8. The topological polar surface area (TPSA) is 0 Å². The molecule has 3 aromatic carbocycles. The van der Waals surface area contributed by atoms with Gasteiger partial charge >= 0.3 is 0 Å². The largest absolute Gasteiger partial charge is 0.113 e. The molecule has 0 aliphatic heterocycles. The summed E-state index contributed by atoms with van der Waals surface area (Å²) < 4.78 is 0. The molecular formula is C20H18S. The van der Waals surface area contributed by atoms with Gasteiger partial charge in [-0.2, -0.15) is 0 Å². The third-order valence-corrected chi connectivity index (χ3v) is 4.75. The third-order valence-electron chi connectivity index (χ3n) is 3.45. The van der Waals surface area contributed by atoms with Crippen LogP contribution < -0.4 is 0 Å². The standard InChI is InChI=1S/C20H18S/c1-16-9-8-14-19(15-16)21-20(17-10-4-2-5-11-17)18-12-6-3-7-13-18/h2-15,20H,1H3. The van der Waals surface area contributed by atoms with Gasteiger partial charge in [-0.15, -0.1) is 11.8 Å². The molecule has 3 rings (SSSR count). The van der Waals surface area contributed by atoms with Crippen molar-refractivity contribution in [2.75, 3.05) is 0 Å². The molecule has 0 aromatic heterocycles. The smallest absolute Gasteiger partial charge is 0.0593 e. The fourth-order valence-corrected chi connectivity index (χ4v) is 3.68. The quantitative estimate of drug-likeness (QED) is 0.541. The molecule has 0 saturated carbocycles. The zero-order chi connectivity index (χ0) is 14.5. The highest BCUT2D eigenvalue weighted by Crippen LogP contribution is 2.40. The van der Waals surface area contributed by atoms with Crippen LogP contribution in [0.1, 0.15) is 21.9 Å². The van der Waals surface area contributed by atoms with Crippen molar-refractivity contribution in [2.45, 2.75) is 17.1 Å². The van der Waals surface area contributed by atoms with Crippen molar-refractivity contribution in [1.29, 1.82) is 0 Å². The highest BCUT2D eigenvalue weighted by molar-refractivity contribution is 7.99. The van der Waals surface area contributed by atoms with E-state index in [0.717, 1.165) is 0 Å². The van der Waals surface area contributed by atoms with E-state index in [-0.39, 0.29) is 0 Å². The van der Waals surface area contributed by atoms with Gasteiger partial charge in [-0.1, -0.05) is 78.4 Å². The van der Waals surface area contributed by atoms with Crippen molar-refractivity contribution in [1.82, 2.24) is 0 Å². The molecule has 0 atom stereocenters. The van der Waals surface area contributed by atoms with E-state index in [2.05, 4.69) is 91.9 Å². The minimum atomic E-state index is 0.328. The van der Waals surface area contributed by atoms with Crippen LogP contribution in [0.4, 0.5) is 0 Å². The first kappa shape index (κ1) is 14.0. The van der Waals surface area contributed by atoms with Crippen molar-refractivity contribution in [3.63, 3.8) is 0 Å². The van der Waals surface area contributed by atoms with Gasteiger partial charge in [-0.3, -0.25) is 0 Å². The third kappa shape index (κ3) is 3.56. The van der Waals surface area contributed by atoms with Gasteiger partial charge < -0.3 is 0 Å². The molecule has 21 heavy (non-hydrogen) atoms. The molecule has 104 valence electrons. The van der Waals surface area contributed by atoms with Gasteiger partial charge in [0, 0.05) is 4.90 Å². The Morgan fingerprint density at radius 3 is 1.76 bits per heavy atom. The van der Waals surface area contributed by atoms with Gasteiger partial charge in [0.1, 0.15) is 0 Å². The number of benzene rings is 3. The molecule has 1 heteroatoms. The molecule has 0 spiro atoms. The second-order valence-electron chi connectivity index (χ2n) is 5.14. The van der Waals surface area contributed by atoms with Gasteiger partial charge in [0.25, 0.3) is 0 Å². The molecule has 0 saturated heterocycles. The lowest BCUT2D eigenvalue weighted by Crippen LogP contribution is -1.96. The van der Waals surface area contributed by atoms with Crippen molar-refractivity contribution in [3.8, 4) is 0 Å². The van der Waals surface area contributed by atoms with E-state index in [0.29, 0.717) is 5.25 Å². The van der Waals surface area contributed by atoms with Crippen LogP contribution in [-0.4, -0.2) is 0 Å². The molecule has 0 nitrogen and oxygen atoms in total. The lowest BCUT2D eigenvalue weighted by atomic mass is 10.0. The van der Waals surface area contributed by atoms with Crippen LogP contribution in [0.5, 0.6) is 0 Å². The molecule has 3 aromatic rings. The number of hydrogen-bond acceptors (Lipinski definition) is 1. The maximum atomic E-state index is 2.25. The second-order valence-corrected chi connectivity index (χ2v) is 6.31. The summed E-state index contributed by atoms with van der Waals surface area (Å²) in [5, 5.41) is 0.328. The van der Waals surface area contributed by atoms with Crippen molar-refractivity contribution < 1.29 is 0 Å². The highest BCUT2D eigenvalue weighted by atomic mass is 32.2. The Kier molecular flexibility index (Phi) is 4.42. The summed E-state index contributed by atoms with van der Waals surface area (Å²) in [5.74, 6) is 0. The zero-order valence-corrected chi connectivity index (χ0v) is 12.9. The predicted molar refractivity (Wildman–Crippen MR) is 91.8 cm³/mol. The van der Waals surface area contributed by atoms with E-state index < -0.39 is 0 Å². The maximum absolute atomic E-state index is 2.25. The fraction of sp³-hybridized carbons (Fsp3) is 0.100. The van der Waals surface area contributed by atoms with E-state index in [1.54, 1.807) is 0 Å². The first-order valence-electron chi connectivity index (χ1n) is 7.16. The highest BCUT2D eigenvalue weighted by Gasteiger charge is 2.15. The Balaban J connectivity index is 1.97. The van der Waals surface area contributed by atoms with Crippen LogP contribution in [0, 0.1) is 6.92 Å². The summed E-state index contributed by atoms with van der Waals surface area (Å²) in [6.45, 7) is 2.14. The molecule has 0 N–H and O–H groups in total. The molecular weight excluding hydrogens is 272 g/mol. The van der Waals surface area contributed by atoms with Crippen LogP contribution in [0.2, 0.25) is 0 Å². The Labute approximate surface area is 130 Å². The summed E-state index contributed by atoms with van der Waals surface area (Å²) in [6.07, 6.45) is 0. The van der Waals surface area contributed by atoms with E-state index in [4.69, 9.17) is 0 Å². The van der Waals surface area contributed by atoms with Gasteiger partial charge in [-0.25, -0.2) is 0 Å². The average molecular weight is 290 g/mol. The van der Waals surface area contributed by atoms with Crippen LogP contribution in [0.25, 0.3) is 0 Å². The van der Waals surface area contributed by atoms with Crippen LogP contribution >= 0.6 is 11.8 Å². The predicted octanol–water partition coefficient (Wildman–Crippen LogP) is 5.88. The van der Waals surface area contributed by atoms with Gasteiger partial charge in [0.2, 0.25) is 0 Å². The second kappa shape index (κ2) is 6.64.